The van der Waals surface area contributed by atoms with Gasteiger partial charge in [0.25, 0.3) is 10.0 Å². The van der Waals surface area contributed by atoms with Gasteiger partial charge in [0.1, 0.15) is 5.82 Å². The van der Waals surface area contributed by atoms with Gasteiger partial charge in [-0.25, -0.2) is 13.4 Å². The van der Waals surface area contributed by atoms with E-state index in [0.29, 0.717) is 5.03 Å². The van der Waals surface area contributed by atoms with E-state index in [-0.39, 0.29) is 18.4 Å². The van der Waals surface area contributed by atoms with Crippen molar-refractivity contribution in [1.29, 1.82) is 0 Å². The van der Waals surface area contributed by atoms with Crippen LogP contribution in [0.5, 0.6) is 0 Å². The van der Waals surface area contributed by atoms with Gasteiger partial charge < -0.3 is 9.88 Å². The molecule has 8 heteroatoms. The number of sulfonamides is 1. The number of hydrogen-bond donors (Lipinski definition) is 1. The van der Waals surface area contributed by atoms with Gasteiger partial charge in [0, 0.05) is 26.1 Å². The summed E-state index contributed by atoms with van der Waals surface area (Å²) in [6.45, 7) is 2.54. The van der Waals surface area contributed by atoms with Crippen molar-refractivity contribution in [1.82, 2.24) is 19.2 Å². The molecule has 0 aromatic carbocycles. The van der Waals surface area contributed by atoms with Crippen molar-refractivity contribution in [2.45, 2.75) is 43.3 Å². The van der Waals surface area contributed by atoms with Crippen molar-refractivity contribution in [3.05, 3.63) is 12.0 Å². The first kappa shape index (κ1) is 15.8. The zero-order chi connectivity index (χ0) is 13.5. The van der Waals surface area contributed by atoms with Crippen LogP contribution in [0.15, 0.2) is 11.2 Å². The molecule has 0 unspecified atom stereocenters. The lowest BCUT2D eigenvalue weighted by atomic mass is 10.1. The molecule has 3 rings (SSSR count). The minimum Gasteiger partial charge on any atom is -0.318 e. The Morgan fingerprint density at radius 3 is 2.80 bits per heavy atom. The number of aromatic nitrogens is 2. The number of nitrogens with one attached hydrogen (secondary N) is 1. The normalized spacial score (nSPS) is 19.9. The SMILES string of the molecule is CN(C1CCNCC1)S(=O)(=O)c1cnc2n1CCC2.Cl. The molecule has 0 aliphatic carbocycles. The van der Waals surface area contributed by atoms with E-state index >= 15 is 0 Å². The van der Waals surface area contributed by atoms with Crippen LogP contribution in [0.25, 0.3) is 0 Å². The van der Waals surface area contributed by atoms with Crippen LogP contribution in [0.1, 0.15) is 25.1 Å². The third-order valence-electron chi connectivity index (χ3n) is 4.15. The first-order valence-electron chi connectivity index (χ1n) is 6.84. The molecular weight excluding hydrogens is 300 g/mol. The second-order valence-electron chi connectivity index (χ2n) is 5.27. The molecule has 20 heavy (non-hydrogen) atoms. The van der Waals surface area contributed by atoms with E-state index in [9.17, 15) is 8.42 Å². The van der Waals surface area contributed by atoms with Crippen LogP contribution in [-0.2, 0) is 23.0 Å². The summed E-state index contributed by atoms with van der Waals surface area (Å²) in [5.41, 5.74) is 0. The molecule has 2 aliphatic heterocycles. The number of piperidine rings is 1. The number of imidazole rings is 1. The Kier molecular flexibility index (Phi) is 4.73. The zero-order valence-corrected chi connectivity index (χ0v) is 13.2. The average Bonchev–Trinajstić information content (AvgIpc) is 3.01. The van der Waals surface area contributed by atoms with Crippen LogP contribution in [-0.4, -0.2) is 48.5 Å². The second kappa shape index (κ2) is 6.01. The highest BCUT2D eigenvalue weighted by Crippen LogP contribution is 2.25. The van der Waals surface area contributed by atoms with Crippen molar-refractivity contribution in [2.75, 3.05) is 20.1 Å². The molecule has 114 valence electrons. The lowest BCUT2D eigenvalue weighted by Crippen LogP contribution is -2.44. The van der Waals surface area contributed by atoms with Crippen LogP contribution in [0, 0.1) is 0 Å². The summed E-state index contributed by atoms with van der Waals surface area (Å²) in [6.07, 6.45) is 5.13. The number of aryl methyl sites for hydroxylation is 1. The molecule has 0 atom stereocenters. The Morgan fingerprint density at radius 1 is 1.40 bits per heavy atom. The van der Waals surface area contributed by atoms with Gasteiger partial charge >= 0.3 is 0 Å². The molecule has 1 fully saturated rings. The van der Waals surface area contributed by atoms with Crippen molar-refractivity contribution < 1.29 is 8.42 Å². The molecule has 2 aliphatic rings. The summed E-state index contributed by atoms with van der Waals surface area (Å²) >= 11 is 0. The first-order valence-corrected chi connectivity index (χ1v) is 8.28. The fraction of sp³-hybridized carbons (Fsp3) is 0.750. The number of fused-ring (bicyclic) bond motifs is 1. The van der Waals surface area contributed by atoms with Gasteiger partial charge in [0.15, 0.2) is 5.03 Å². The number of halogens is 1. The van der Waals surface area contributed by atoms with Crippen LogP contribution in [0.4, 0.5) is 0 Å². The van der Waals surface area contributed by atoms with Gasteiger partial charge in [0.05, 0.1) is 6.20 Å². The molecule has 0 amide bonds. The van der Waals surface area contributed by atoms with E-state index in [2.05, 4.69) is 10.3 Å². The van der Waals surface area contributed by atoms with Crippen LogP contribution in [0.2, 0.25) is 0 Å². The maximum atomic E-state index is 12.7. The molecular formula is C12H21ClN4O2S. The molecule has 0 saturated carbocycles. The molecule has 0 spiro atoms. The van der Waals surface area contributed by atoms with E-state index in [1.54, 1.807) is 7.05 Å². The third kappa shape index (κ3) is 2.59. The number of hydrogen-bond acceptors (Lipinski definition) is 4. The Labute approximate surface area is 126 Å². The van der Waals surface area contributed by atoms with Gasteiger partial charge in [0.2, 0.25) is 0 Å². The van der Waals surface area contributed by atoms with Gasteiger partial charge in [-0.1, -0.05) is 0 Å². The van der Waals surface area contributed by atoms with Crippen LogP contribution >= 0.6 is 12.4 Å². The second-order valence-corrected chi connectivity index (χ2v) is 7.21. The van der Waals surface area contributed by atoms with E-state index in [0.717, 1.165) is 51.1 Å². The summed E-state index contributed by atoms with van der Waals surface area (Å²) in [7, 11) is -1.72. The summed E-state index contributed by atoms with van der Waals surface area (Å²) in [5.74, 6) is 0.900. The van der Waals surface area contributed by atoms with Crippen molar-refractivity contribution >= 4 is 22.4 Å². The predicted octanol–water partition coefficient (Wildman–Crippen LogP) is 0.624. The molecule has 0 bridgehead atoms. The fourth-order valence-electron chi connectivity index (χ4n) is 2.95. The predicted molar refractivity (Wildman–Crippen MR) is 78.6 cm³/mol. The van der Waals surface area contributed by atoms with E-state index in [1.807, 2.05) is 4.57 Å². The molecule has 1 aromatic rings. The highest BCUT2D eigenvalue weighted by Gasteiger charge is 2.33. The van der Waals surface area contributed by atoms with E-state index in [1.165, 1.54) is 10.5 Å². The summed E-state index contributed by atoms with van der Waals surface area (Å²) < 4.78 is 28.8. The zero-order valence-electron chi connectivity index (χ0n) is 11.6. The van der Waals surface area contributed by atoms with Gasteiger partial charge in [-0.3, -0.25) is 0 Å². The highest BCUT2D eigenvalue weighted by molar-refractivity contribution is 7.89. The monoisotopic (exact) mass is 320 g/mol. The quantitative estimate of drug-likeness (QED) is 0.887. The van der Waals surface area contributed by atoms with Gasteiger partial charge in [-0.2, -0.15) is 4.31 Å². The summed E-state index contributed by atoms with van der Waals surface area (Å²) in [6, 6.07) is 0.0961. The van der Waals surface area contributed by atoms with Gasteiger partial charge in [-0.15, -0.1) is 12.4 Å². The third-order valence-corrected chi connectivity index (χ3v) is 6.06. The minimum atomic E-state index is -3.41. The smallest absolute Gasteiger partial charge is 0.260 e. The van der Waals surface area contributed by atoms with Crippen molar-refractivity contribution in [3.8, 4) is 0 Å². The summed E-state index contributed by atoms with van der Waals surface area (Å²) in [4.78, 5) is 4.24. The largest absolute Gasteiger partial charge is 0.318 e. The number of rotatable bonds is 3. The molecule has 0 radical (unpaired) electrons. The molecule has 6 nitrogen and oxygen atoms in total. The lowest BCUT2D eigenvalue weighted by Gasteiger charge is -2.30. The minimum absolute atomic E-state index is 0. The summed E-state index contributed by atoms with van der Waals surface area (Å²) in [5, 5.41) is 3.62. The maximum Gasteiger partial charge on any atom is 0.260 e. The maximum absolute atomic E-state index is 12.7. The topological polar surface area (TPSA) is 67.2 Å². The highest BCUT2D eigenvalue weighted by atomic mass is 35.5. The first-order chi connectivity index (χ1) is 9.10. The Bertz CT molecular complexity index is 566. The molecule has 3 heterocycles. The number of nitrogens with zero attached hydrogens (tertiary/aromatic N) is 3. The van der Waals surface area contributed by atoms with Crippen molar-refractivity contribution in [2.24, 2.45) is 0 Å². The van der Waals surface area contributed by atoms with Crippen LogP contribution in [0.3, 0.4) is 0 Å². The lowest BCUT2D eigenvalue weighted by molar-refractivity contribution is 0.295. The van der Waals surface area contributed by atoms with E-state index < -0.39 is 10.0 Å². The fourth-order valence-corrected chi connectivity index (χ4v) is 4.51. The van der Waals surface area contributed by atoms with E-state index in [4.69, 9.17) is 0 Å². The molecule has 1 aromatic heterocycles. The average molecular weight is 321 g/mol. The van der Waals surface area contributed by atoms with Gasteiger partial charge in [-0.05, 0) is 32.4 Å². The Morgan fingerprint density at radius 2 is 2.10 bits per heavy atom. The molecule has 1 saturated heterocycles. The van der Waals surface area contributed by atoms with Crippen molar-refractivity contribution in [3.63, 3.8) is 0 Å². The molecule has 1 N–H and O–H groups in total. The standard InChI is InChI=1S/C12H20N4O2S.ClH/c1-15(10-4-6-13-7-5-10)19(17,18)12-9-14-11-3-2-8-16(11)12;/h9-10,13H,2-8H2,1H3;1H. The van der Waals surface area contributed by atoms with Crippen LogP contribution < -0.4 is 5.32 Å². The Balaban J connectivity index is 0.00000147. The Hall–Kier alpha value is -0.630.